The molecule has 1 amide bonds. The summed E-state index contributed by atoms with van der Waals surface area (Å²) in [7, 11) is 3.51. The molecule has 7 nitrogen and oxygen atoms in total. The zero-order valence-corrected chi connectivity index (χ0v) is 15.2. The van der Waals surface area contributed by atoms with Gasteiger partial charge in [-0.25, -0.2) is 0 Å². The van der Waals surface area contributed by atoms with Crippen LogP contribution >= 0.6 is 0 Å². The van der Waals surface area contributed by atoms with Gasteiger partial charge in [0, 0.05) is 32.0 Å². The van der Waals surface area contributed by atoms with Gasteiger partial charge in [0.05, 0.1) is 17.7 Å². The normalized spacial score (nSPS) is 28.2. The largest absolute Gasteiger partial charge is 0.381 e. The lowest BCUT2D eigenvalue weighted by Crippen LogP contribution is -2.53. The Kier molecular flexibility index (Phi) is 4.50. The molecule has 1 aliphatic heterocycles. The van der Waals surface area contributed by atoms with Crippen molar-refractivity contribution in [1.82, 2.24) is 19.7 Å². The van der Waals surface area contributed by atoms with Crippen LogP contribution in [0.25, 0.3) is 5.69 Å². The summed E-state index contributed by atoms with van der Waals surface area (Å²) in [5, 5.41) is 7.66. The summed E-state index contributed by atoms with van der Waals surface area (Å²) in [6.07, 6.45) is 7.03. The van der Waals surface area contributed by atoms with Crippen LogP contribution in [0.15, 0.2) is 36.9 Å². The molecule has 26 heavy (non-hydrogen) atoms. The van der Waals surface area contributed by atoms with Crippen LogP contribution in [-0.2, 0) is 9.47 Å². The lowest BCUT2D eigenvalue weighted by Gasteiger charge is -2.43. The molecule has 1 aliphatic carbocycles. The van der Waals surface area contributed by atoms with E-state index in [0.29, 0.717) is 12.1 Å². The zero-order chi connectivity index (χ0) is 18.1. The van der Waals surface area contributed by atoms with Gasteiger partial charge in [-0.3, -0.25) is 9.36 Å². The third-order valence-electron chi connectivity index (χ3n) is 5.95. The molecule has 0 bridgehead atoms. The van der Waals surface area contributed by atoms with Gasteiger partial charge in [0.1, 0.15) is 12.7 Å². The topological polar surface area (TPSA) is 69.5 Å². The molecule has 0 radical (unpaired) electrons. The van der Waals surface area contributed by atoms with E-state index in [1.165, 1.54) is 0 Å². The average molecular weight is 356 g/mol. The number of carbonyl (C=O) groups excluding carboxylic acids is 1. The minimum atomic E-state index is -0.240. The second-order valence-corrected chi connectivity index (χ2v) is 7.08. The van der Waals surface area contributed by atoms with E-state index in [1.54, 1.807) is 31.4 Å². The van der Waals surface area contributed by atoms with Gasteiger partial charge in [0.2, 0.25) is 0 Å². The molecule has 7 heteroatoms. The number of amides is 1. The van der Waals surface area contributed by atoms with Crippen molar-refractivity contribution in [3.05, 3.63) is 42.5 Å². The van der Waals surface area contributed by atoms with Gasteiger partial charge in [-0.05, 0) is 43.9 Å². The third kappa shape index (κ3) is 2.81. The Labute approximate surface area is 152 Å². The molecule has 2 aliphatic rings. The maximum atomic E-state index is 13.3. The lowest BCUT2D eigenvalue weighted by atomic mass is 9.79. The molecular formula is C19H24N4O3. The summed E-state index contributed by atoms with van der Waals surface area (Å²) in [5.74, 6) is 0.0422. The van der Waals surface area contributed by atoms with Crippen molar-refractivity contribution in [1.29, 1.82) is 0 Å². The quantitative estimate of drug-likeness (QED) is 0.839. The highest BCUT2D eigenvalue weighted by atomic mass is 16.5. The Balaban J connectivity index is 1.61. The highest BCUT2D eigenvalue weighted by Crippen LogP contribution is 2.43. The first-order chi connectivity index (χ1) is 12.7. The molecule has 4 rings (SSSR count). The molecule has 2 aromatic rings. The molecule has 1 saturated carbocycles. The van der Waals surface area contributed by atoms with E-state index in [0.717, 1.165) is 31.4 Å². The fourth-order valence-corrected chi connectivity index (χ4v) is 4.42. The van der Waals surface area contributed by atoms with Crippen LogP contribution < -0.4 is 0 Å². The molecule has 138 valence electrons. The minimum Gasteiger partial charge on any atom is -0.381 e. The lowest BCUT2D eigenvalue weighted by molar-refractivity contribution is -0.0893. The van der Waals surface area contributed by atoms with Gasteiger partial charge < -0.3 is 14.4 Å². The number of fused-ring (bicyclic) bond motifs is 1. The smallest absolute Gasteiger partial charge is 0.254 e. The van der Waals surface area contributed by atoms with Crippen LogP contribution in [0, 0.1) is 0 Å². The molecule has 0 spiro atoms. The van der Waals surface area contributed by atoms with Crippen LogP contribution in [0.5, 0.6) is 0 Å². The predicted octanol–water partition coefficient (Wildman–Crippen LogP) is 2.07. The molecule has 3 atom stereocenters. The molecule has 2 fully saturated rings. The fraction of sp³-hybridized carbons (Fsp3) is 0.526. The number of benzene rings is 1. The number of aromatic nitrogens is 3. The maximum absolute atomic E-state index is 13.3. The standard InChI is InChI=1S/C19H24N4O3/c1-25-16-6-7-19(26-2)8-9-23(17(19)11-16)18(24)14-4-3-5-15(10-14)22-12-20-21-13-22/h3-5,10,12-13,16-17H,6-9,11H2,1-2H3/t16?,17?,19-/m1/s1. The molecule has 1 aromatic carbocycles. The Morgan fingerprint density at radius 1 is 1.23 bits per heavy atom. The molecule has 1 aromatic heterocycles. The second-order valence-electron chi connectivity index (χ2n) is 7.08. The first-order valence-corrected chi connectivity index (χ1v) is 9.01. The summed E-state index contributed by atoms with van der Waals surface area (Å²) in [5.41, 5.74) is 1.30. The van der Waals surface area contributed by atoms with E-state index in [4.69, 9.17) is 9.47 Å². The summed E-state index contributed by atoms with van der Waals surface area (Å²) in [6, 6.07) is 7.62. The highest BCUT2D eigenvalue weighted by molar-refractivity contribution is 5.95. The summed E-state index contributed by atoms with van der Waals surface area (Å²) < 4.78 is 13.3. The summed E-state index contributed by atoms with van der Waals surface area (Å²) in [4.78, 5) is 15.2. The number of nitrogens with zero attached hydrogens (tertiary/aromatic N) is 4. The number of rotatable bonds is 4. The number of hydrogen-bond donors (Lipinski definition) is 0. The summed E-state index contributed by atoms with van der Waals surface area (Å²) in [6.45, 7) is 0.713. The van der Waals surface area contributed by atoms with Crippen LogP contribution in [0.1, 0.15) is 36.0 Å². The second kappa shape index (κ2) is 6.81. The molecule has 2 heterocycles. The Hall–Kier alpha value is -2.25. The van der Waals surface area contributed by atoms with E-state index in [2.05, 4.69) is 10.2 Å². The van der Waals surface area contributed by atoms with E-state index >= 15 is 0 Å². The Bertz CT molecular complexity index is 779. The van der Waals surface area contributed by atoms with E-state index in [9.17, 15) is 4.79 Å². The average Bonchev–Trinajstić information content (AvgIpc) is 3.35. The number of ether oxygens (including phenoxy) is 2. The third-order valence-corrected chi connectivity index (χ3v) is 5.95. The summed E-state index contributed by atoms with van der Waals surface area (Å²) >= 11 is 0. The Morgan fingerprint density at radius 3 is 2.77 bits per heavy atom. The van der Waals surface area contributed by atoms with Crippen molar-refractivity contribution in [2.75, 3.05) is 20.8 Å². The van der Waals surface area contributed by atoms with Crippen molar-refractivity contribution in [2.24, 2.45) is 0 Å². The van der Waals surface area contributed by atoms with Gasteiger partial charge in [-0.15, -0.1) is 10.2 Å². The molecule has 0 N–H and O–H groups in total. The molecule has 2 unspecified atom stereocenters. The van der Waals surface area contributed by atoms with Crippen molar-refractivity contribution in [3.8, 4) is 5.69 Å². The van der Waals surface area contributed by atoms with E-state index in [1.807, 2.05) is 29.2 Å². The molecular weight excluding hydrogens is 332 g/mol. The number of likely N-dealkylation sites (tertiary alicyclic amines) is 1. The number of hydrogen-bond acceptors (Lipinski definition) is 5. The van der Waals surface area contributed by atoms with E-state index in [-0.39, 0.29) is 23.7 Å². The molecule has 1 saturated heterocycles. The highest BCUT2D eigenvalue weighted by Gasteiger charge is 2.52. The minimum absolute atomic E-state index is 0.0422. The van der Waals surface area contributed by atoms with Gasteiger partial charge in [-0.1, -0.05) is 6.07 Å². The van der Waals surface area contributed by atoms with Gasteiger partial charge in [-0.2, -0.15) is 0 Å². The van der Waals surface area contributed by atoms with Crippen LogP contribution in [0.4, 0.5) is 0 Å². The van der Waals surface area contributed by atoms with Crippen LogP contribution in [0.2, 0.25) is 0 Å². The number of methoxy groups -OCH3 is 2. The number of carbonyl (C=O) groups is 1. The van der Waals surface area contributed by atoms with Gasteiger partial charge in [0.25, 0.3) is 5.91 Å². The first kappa shape index (κ1) is 17.2. The van der Waals surface area contributed by atoms with Gasteiger partial charge in [0.15, 0.2) is 0 Å². The van der Waals surface area contributed by atoms with Crippen molar-refractivity contribution >= 4 is 5.91 Å². The van der Waals surface area contributed by atoms with Crippen molar-refractivity contribution in [2.45, 2.75) is 43.4 Å². The fourth-order valence-electron chi connectivity index (χ4n) is 4.42. The maximum Gasteiger partial charge on any atom is 0.254 e. The van der Waals surface area contributed by atoms with Crippen LogP contribution in [-0.4, -0.2) is 64.1 Å². The van der Waals surface area contributed by atoms with Crippen molar-refractivity contribution in [3.63, 3.8) is 0 Å². The zero-order valence-electron chi connectivity index (χ0n) is 15.2. The van der Waals surface area contributed by atoms with Gasteiger partial charge >= 0.3 is 0 Å². The van der Waals surface area contributed by atoms with Crippen LogP contribution in [0.3, 0.4) is 0 Å². The van der Waals surface area contributed by atoms with Crippen molar-refractivity contribution < 1.29 is 14.3 Å². The Morgan fingerprint density at radius 2 is 2.04 bits per heavy atom. The predicted molar refractivity (Wildman–Crippen MR) is 95.2 cm³/mol. The monoisotopic (exact) mass is 356 g/mol. The van der Waals surface area contributed by atoms with E-state index < -0.39 is 0 Å². The SMILES string of the molecule is COC1CC[C@@]2(OC)CCN(C(=O)c3cccc(-n4cnnc4)c3)C2C1. The first-order valence-electron chi connectivity index (χ1n) is 9.01.